The third kappa shape index (κ3) is 6.74. The van der Waals surface area contributed by atoms with Gasteiger partial charge in [0.15, 0.2) is 0 Å². The molecule has 1 aromatic carbocycles. The number of nitrogens with one attached hydrogen (secondary N) is 1. The molecule has 3 heteroatoms. The zero-order chi connectivity index (χ0) is 15.0. The van der Waals surface area contributed by atoms with E-state index in [1.54, 1.807) is 0 Å². The Morgan fingerprint density at radius 1 is 1.15 bits per heavy atom. The van der Waals surface area contributed by atoms with E-state index in [0.29, 0.717) is 12.1 Å². The number of halogens is 1. The number of nitrogens with zero attached hydrogens (tertiary/aromatic N) is 1. The summed E-state index contributed by atoms with van der Waals surface area (Å²) in [5.41, 5.74) is 1.29. The predicted molar refractivity (Wildman–Crippen MR) is 89.5 cm³/mol. The van der Waals surface area contributed by atoms with Gasteiger partial charge in [-0.05, 0) is 57.6 Å². The molecular formula is C17H29ClN2. The molecule has 1 aromatic rings. The standard InChI is InChI=1S/C17H29ClN2/c1-14(2)19-11-6-5-7-12-20(4)15(3)16-9-8-10-17(18)13-16/h8-10,13-15,19H,5-7,11-12H2,1-4H3. The molecule has 0 heterocycles. The van der Waals surface area contributed by atoms with Crippen molar-refractivity contribution in [3.63, 3.8) is 0 Å². The van der Waals surface area contributed by atoms with Gasteiger partial charge in [-0.15, -0.1) is 0 Å². The van der Waals surface area contributed by atoms with Crippen LogP contribution in [0.1, 0.15) is 51.6 Å². The highest BCUT2D eigenvalue weighted by atomic mass is 35.5. The molecule has 1 N–H and O–H groups in total. The molecule has 0 aliphatic carbocycles. The van der Waals surface area contributed by atoms with Crippen LogP contribution in [0.25, 0.3) is 0 Å². The number of benzene rings is 1. The van der Waals surface area contributed by atoms with E-state index in [2.05, 4.69) is 50.2 Å². The van der Waals surface area contributed by atoms with E-state index < -0.39 is 0 Å². The lowest BCUT2D eigenvalue weighted by atomic mass is 10.1. The van der Waals surface area contributed by atoms with Crippen molar-refractivity contribution in [3.05, 3.63) is 34.9 Å². The topological polar surface area (TPSA) is 15.3 Å². The van der Waals surface area contributed by atoms with Gasteiger partial charge in [-0.3, -0.25) is 4.90 Å². The Hall–Kier alpha value is -0.570. The molecular weight excluding hydrogens is 268 g/mol. The molecule has 1 rings (SSSR count). The summed E-state index contributed by atoms with van der Waals surface area (Å²) in [4.78, 5) is 2.40. The van der Waals surface area contributed by atoms with Crippen molar-refractivity contribution in [2.24, 2.45) is 0 Å². The maximum absolute atomic E-state index is 6.06. The maximum atomic E-state index is 6.06. The fourth-order valence-corrected chi connectivity index (χ4v) is 2.47. The summed E-state index contributed by atoms with van der Waals surface area (Å²) in [6.07, 6.45) is 3.80. The molecule has 0 fully saturated rings. The first-order valence-corrected chi connectivity index (χ1v) is 8.07. The van der Waals surface area contributed by atoms with E-state index in [9.17, 15) is 0 Å². The molecule has 0 bridgehead atoms. The van der Waals surface area contributed by atoms with Crippen LogP contribution >= 0.6 is 11.6 Å². The smallest absolute Gasteiger partial charge is 0.0409 e. The Morgan fingerprint density at radius 3 is 2.55 bits per heavy atom. The van der Waals surface area contributed by atoms with Gasteiger partial charge in [-0.1, -0.05) is 44.0 Å². The molecule has 0 saturated carbocycles. The Bertz CT molecular complexity index is 379. The van der Waals surface area contributed by atoms with Gasteiger partial charge in [0, 0.05) is 17.1 Å². The number of hydrogen-bond acceptors (Lipinski definition) is 2. The predicted octanol–water partition coefficient (Wildman–Crippen LogP) is 4.50. The molecule has 1 atom stereocenters. The number of hydrogen-bond donors (Lipinski definition) is 1. The largest absolute Gasteiger partial charge is 0.315 e. The van der Waals surface area contributed by atoms with Gasteiger partial charge in [0.25, 0.3) is 0 Å². The highest BCUT2D eigenvalue weighted by Crippen LogP contribution is 2.22. The van der Waals surface area contributed by atoms with Gasteiger partial charge in [-0.2, -0.15) is 0 Å². The minimum absolute atomic E-state index is 0.419. The van der Waals surface area contributed by atoms with E-state index in [4.69, 9.17) is 11.6 Å². The Morgan fingerprint density at radius 2 is 1.90 bits per heavy atom. The first kappa shape index (κ1) is 17.5. The van der Waals surface area contributed by atoms with Crippen LogP contribution in [0.3, 0.4) is 0 Å². The third-order valence-electron chi connectivity index (χ3n) is 3.73. The lowest BCUT2D eigenvalue weighted by Gasteiger charge is -2.25. The van der Waals surface area contributed by atoms with E-state index in [0.717, 1.165) is 18.1 Å². The second kappa shape index (κ2) is 9.38. The van der Waals surface area contributed by atoms with Gasteiger partial charge in [-0.25, -0.2) is 0 Å². The SMILES string of the molecule is CC(C)NCCCCCN(C)C(C)c1cccc(Cl)c1. The average molecular weight is 297 g/mol. The number of unbranched alkanes of at least 4 members (excludes halogenated alkanes) is 2. The van der Waals surface area contributed by atoms with Gasteiger partial charge >= 0.3 is 0 Å². The normalized spacial score (nSPS) is 13.2. The molecule has 20 heavy (non-hydrogen) atoms. The van der Waals surface area contributed by atoms with Crippen molar-refractivity contribution in [3.8, 4) is 0 Å². The van der Waals surface area contributed by atoms with Crippen molar-refractivity contribution < 1.29 is 0 Å². The van der Waals surface area contributed by atoms with E-state index >= 15 is 0 Å². The first-order valence-electron chi connectivity index (χ1n) is 7.69. The molecule has 0 aromatic heterocycles. The summed E-state index contributed by atoms with van der Waals surface area (Å²) < 4.78 is 0. The highest BCUT2D eigenvalue weighted by molar-refractivity contribution is 6.30. The minimum atomic E-state index is 0.419. The van der Waals surface area contributed by atoms with Crippen LogP contribution < -0.4 is 5.32 Å². The molecule has 2 nitrogen and oxygen atoms in total. The summed E-state index contributed by atoms with van der Waals surface area (Å²) in [6.45, 7) is 8.90. The van der Waals surface area contributed by atoms with Crippen molar-refractivity contribution >= 4 is 11.6 Å². The van der Waals surface area contributed by atoms with Crippen LogP contribution in [0.5, 0.6) is 0 Å². The summed E-state index contributed by atoms with van der Waals surface area (Å²) in [5.74, 6) is 0. The minimum Gasteiger partial charge on any atom is -0.315 e. The molecule has 0 aliphatic heterocycles. The molecule has 114 valence electrons. The van der Waals surface area contributed by atoms with Gasteiger partial charge in [0.2, 0.25) is 0 Å². The van der Waals surface area contributed by atoms with Gasteiger partial charge < -0.3 is 5.32 Å². The van der Waals surface area contributed by atoms with Crippen molar-refractivity contribution in [2.45, 2.75) is 52.1 Å². The number of rotatable bonds is 9. The van der Waals surface area contributed by atoms with E-state index in [1.165, 1.54) is 24.8 Å². The zero-order valence-corrected chi connectivity index (χ0v) is 14.1. The van der Waals surface area contributed by atoms with Gasteiger partial charge in [0.1, 0.15) is 0 Å². The first-order chi connectivity index (χ1) is 9.50. The van der Waals surface area contributed by atoms with Crippen molar-refractivity contribution in [1.82, 2.24) is 10.2 Å². The molecule has 1 unspecified atom stereocenters. The summed E-state index contributed by atoms with van der Waals surface area (Å²) >= 11 is 6.06. The van der Waals surface area contributed by atoms with Crippen LogP contribution in [0.15, 0.2) is 24.3 Å². The Labute approximate surface area is 129 Å². The molecule has 0 spiro atoms. The van der Waals surface area contributed by atoms with Crippen LogP contribution in [-0.4, -0.2) is 31.1 Å². The third-order valence-corrected chi connectivity index (χ3v) is 3.97. The lowest BCUT2D eigenvalue weighted by molar-refractivity contribution is 0.255. The van der Waals surface area contributed by atoms with E-state index in [1.807, 2.05) is 12.1 Å². The van der Waals surface area contributed by atoms with Crippen LogP contribution in [0.2, 0.25) is 5.02 Å². The fraction of sp³-hybridized carbons (Fsp3) is 0.647. The molecule has 0 radical (unpaired) electrons. The summed E-state index contributed by atoms with van der Waals surface area (Å²) in [7, 11) is 2.19. The van der Waals surface area contributed by atoms with Crippen molar-refractivity contribution in [1.29, 1.82) is 0 Å². The maximum Gasteiger partial charge on any atom is 0.0409 e. The lowest BCUT2D eigenvalue weighted by Crippen LogP contribution is -2.25. The second-order valence-electron chi connectivity index (χ2n) is 5.88. The van der Waals surface area contributed by atoms with Crippen LogP contribution in [-0.2, 0) is 0 Å². The zero-order valence-electron chi connectivity index (χ0n) is 13.3. The average Bonchev–Trinajstić information content (AvgIpc) is 2.41. The van der Waals surface area contributed by atoms with E-state index in [-0.39, 0.29) is 0 Å². The molecule has 0 saturated heterocycles. The summed E-state index contributed by atoms with van der Waals surface area (Å²) in [5, 5.41) is 4.28. The Balaban J connectivity index is 2.23. The highest BCUT2D eigenvalue weighted by Gasteiger charge is 2.11. The summed E-state index contributed by atoms with van der Waals surface area (Å²) in [6, 6.07) is 9.19. The van der Waals surface area contributed by atoms with Crippen molar-refractivity contribution in [2.75, 3.05) is 20.1 Å². The molecule has 0 aliphatic rings. The van der Waals surface area contributed by atoms with Gasteiger partial charge in [0.05, 0.1) is 0 Å². The monoisotopic (exact) mass is 296 g/mol. The Kier molecular flexibility index (Phi) is 8.20. The van der Waals surface area contributed by atoms with Crippen LogP contribution in [0.4, 0.5) is 0 Å². The fourth-order valence-electron chi connectivity index (χ4n) is 2.27. The second-order valence-corrected chi connectivity index (χ2v) is 6.32. The quantitative estimate of drug-likeness (QED) is 0.675. The molecule has 0 amide bonds. The van der Waals surface area contributed by atoms with Crippen LogP contribution in [0, 0.1) is 0 Å².